The Morgan fingerprint density at radius 1 is 1.20 bits per heavy atom. The summed E-state index contributed by atoms with van der Waals surface area (Å²) in [4.78, 5) is 0. The molecule has 0 heterocycles. The predicted molar refractivity (Wildman–Crippen MR) is 45.2 cm³/mol. The van der Waals surface area contributed by atoms with Crippen molar-refractivity contribution in [1.29, 1.82) is 0 Å². The minimum atomic E-state index is 0. The maximum absolute atomic E-state index is 2.21. The topological polar surface area (TPSA) is 35.0 Å². The number of hydrogen-bond acceptors (Lipinski definition) is 1. The highest BCUT2D eigenvalue weighted by molar-refractivity contribution is 5.21. The second-order valence-electron chi connectivity index (χ2n) is 2.02. The molecule has 0 amide bonds. The van der Waals surface area contributed by atoms with E-state index < -0.39 is 0 Å². The van der Waals surface area contributed by atoms with Gasteiger partial charge in [-0.15, -0.1) is 0 Å². The van der Waals surface area contributed by atoms with E-state index in [0.29, 0.717) is 0 Å². The smallest absolute Gasteiger partial charge is 0.00958 e. The molecule has 0 saturated heterocycles. The van der Waals surface area contributed by atoms with Crippen molar-refractivity contribution in [2.45, 2.75) is 13.3 Å². The van der Waals surface area contributed by atoms with Crippen LogP contribution in [-0.4, -0.2) is 0 Å². The second-order valence-corrected chi connectivity index (χ2v) is 2.02. The van der Waals surface area contributed by atoms with Crippen LogP contribution in [0.2, 0.25) is 0 Å². The van der Waals surface area contributed by atoms with Crippen molar-refractivity contribution in [3.8, 4) is 0 Å². The molecule has 0 aliphatic carbocycles. The Balaban J connectivity index is 0.000000810. The molecule has 3 N–H and O–H groups in total. The molecular weight excluding hydrogens is 122 g/mol. The highest BCUT2D eigenvalue weighted by atomic mass is 14.0. The van der Waals surface area contributed by atoms with E-state index in [-0.39, 0.29) is 6.15 Å². The third-order valence-corrected chi connectivity index (χ3v) is 1.24. The van der Waals surface area contributed by atoms with E-state index >= 15 is 0 Å². The van der Waals surface area contributed by atoms with Crippen LogP contribution in [0.1, 0.15) is 18.9 Å². The molecule has 0 saturated carbocycles. The SMILES string of the molecule is CC[CH]c1ccccc1.N. The zero-order valence-corrected chi connectivity index (χ0v) is 6.38. The quantitative estimate of drug-likeness (QED) is 0.666. The van der Waals surface area contributed by atoms with Crippen LogP contribution in [0.3, 0.4) is 0 Å². The van der Waals surface area contributed by atoms with E-state index in [1.807, 2.05) is 6.07 Å². The third-order valence-electron chi connectivity index (χ3n) is 1.24. The van der Waals surface area contributed by atoms with Crippen LogP contribution in [0.4, 0.5) is 0 Å². The third kappa shape index (κ3) is 2.65. The lowest BCUT2D eigenvalue weighted by Gasteiger charge is -1.93. The Labute approximate surface area is 62.7 Å². The molecule has 1 nitrogen and oxygen atoms in total. The van der Waals surface area contributed by atoms with Gasteiger partial charge in [0.05, 0.1) is 0 Å². The summed E-state index contributed by atoms with van der Waals surface area (Å²) in [6, 6.07) is 10.4. The molecular formula is C9H14N. The number of rotatable bonds is 2. The molecule has 0 aliphatic heterocycles. The summed E-state index contributed by atoms with van der Waals surface area (Å²) in [6.45, 7) is 2.15. The van der Waals surface area contributed by atoms with Crippen LogP contribution in [0.5, 0.6) is 0 Å². The standard InChI is InChI=1S/C9H11.H3N/c1-2-6-9-7-4-3-5-8-9;/h3-8H,2H2,1H3;1H3. The van der Waals surface area contributed by atoms with Gasteiger partial charge in [0.15, 0.2) is 0 Å². The Morgan fingerprint density at radius 2 is 1.80 bits per heavy atom. The molecule has 1 rings (SSSR count). The van der Waals surface area contributed by atoms with E-state index in [1.165, 1.54) is 5.56 Å². The van der Waals surface area contributed by atoms with Crippen molar-refractivity contribution >= 4 is 0 Å². The summed E-state index contributed by atoms with van der Waals surface area (Å²) in [5, 5.41) is 0. The van der Waals surface area contributed by atoms with Gasteiger partial charge < -0.3 is 6.15 Å². The average Bonchev–Trinajstić information content (AvgIpc) is 1.91. The van der Waals surface area contributed by atoms with Gasteiger partial charge in [-0.25, -0.2) is 0 Å². The van der Waals surface area contributed by atoms with E-state index in [1.54, 1.807) is 0 Å². The Morgan fingerprint density at radius 3 is 2.30 bits per heavy atom. The normalized spacial score (nSPS) is 8.50. The first-order valence-corrected chi connectivity index (χ1v) is 3.31. The molecule has 1 aromatic rings. The Bertz CT molecular complexity index is 158. The highest BCUT2D eigenvalue weighted by Crippen LogP contribution is 2.02. The summed E-state index contributed by atoms with van der Waals surface area (Å²) in [5.74, 6) is 0. The first-order valence-electron chi connectivity index (χ1n) is 3.31. The van der Waals surface area contributed by atoms with Gasteiger partial charge in [0.25, 0.3) is 0 Å². The van der Waals surface area contributed by atoms with Gasteiger partial charge in [-0.3, -0.25) is 0 Å². The molecule has 1 heteroatoms. The lowest BCUT2D eigenvalue weighted by Crippen LogP contribution is -1.75. The van der Waals surface area contributed by atoms with Crippen molar-refractivity contribution < 1.29 is 0 Å². The molecule has 0 unspecified atom stereocenters. The summed E-state index contributed by atoms with van der Waals surface area (Å²) in [6.07, 6.45) is 3.32. The molecule has 0 fully saturated rings. The first kappa shape index (κ1) is 9.18. The van der Waals surface area contributed by atoms with Gasteiger partial charge in [0.1, 0.15) is 0 Å². The lowest BCUT2D eigenvalue weighted by atomic mass is 10.1. The van der Waals surface area contributed by atoms with E-state index in [0.717, 1.165) is 6.42 Å². The van der Waals surface area contributed by atoms with Gasteiger partial charge in [0.2, 0.25) is 0 Å². The maximum Gasteiger partial charge on any atom is -0.00958 e. The number of hydrogen-bond donors (Lipinski definition) is 1. The zero-order valence-electron chi connectivity index (χ0n) is 6.38. The molecule has 0 aromatic heterocycles. The van der Waals surface area contributed by atoms with Crippen molar-refractivity contribution in [1.82, 2.24) is 6.15 Å². The van der Waals surface area contributed by atoms with Gasteiger partial charge in [-0.2, -0.15) is 0 Å². The van der Waals surface area contributed by atoms with Crippen molar-refractivity contribution in [2.75, 3.05) is 0 Å². The Kier molecular flexibility index (Phi) is 4.59. The summed E-state index contributed by atoms with van der Waals surface area (Å²) < 4.78 is 0. The van der Waals surface area contributed by atoms with Crippen molar-refractivity contribution in [3.63, 3.8) is 0 Å². The minimum absolute atomic E-state index is 0. The number of benzene rings is 1. The van der Waals surface area contributed by atoms with E-state index in [9.17, 15) is 0 Å². The summed E-state index contributed by atoms with van der Waals surface area (Å²) >= 11 is 0. The lowest BCUT2D eigenvalue weighted by molar-refractivity contribution is 1.12. The maximum atomic E-state index is 2.21. The Hall–Kier alpha value is -0.820. The molecule has 10 heavy (non-hydrogen) atoms. The average molecular weight is 136 g/mol. The van der Waals surface area contributed by atoms with Crippen LogP contribution in [0.25, 0.3) is 0 Å². The van der Waals surface area contributed by atoms with Crippen LogP contribution in [0, 0.1) is 6.42 Å². The molecule has 0 spiro atoms. The van der Waals surface area contributed by atoms with Gasteiger partial charge in [0, 0.05) is 0 Å². The van der Waals surface area contributed by atoms with Crippen molar-refractivity contribution in [3.05, 3.63) is 42.3 Å². The van der Waals surface area contributed by atoms with Gasteiger partial charge in [-0.05, 0) is 18.4 Å². The van der Waals surface area contributed by atoms with E-state index in [2.05, 4.69) is 37.6 Å². The largest absolute Gasteiger partial charge is 0.344 e. The fraction of sp³-hybridized carbons (Fsp3) is 0.222. The van der Waals surface area contributed by atoms with Gasteiger partial charge >= 0.3 is 0 Å². The fourth-order valence-electron chi connectivity index (χ4n) is 0.825. The van der Waals surface area contributed by atoms with Crippen LogP contribution >= 0.6 is 0 Å². The van der Waals surface area contributed by atoms with Gasteiger partial charge in [-0.1, -0.05) is 37.3 Å². The molecule has 55 valence electrons. The molecule has 0 bridgehead atoms. The van der Waals surface area contributed by atoms with Crippen LogP contribution < -0.4 is 6.15 Å². The predicted octanol–water partition coefficient (Wildman–Crippen LogP) is 2.81. The first-order chi connectivity index (χ1) is 4.43. The fourth-order valence-corrected chi connectivity index (χ4v) is 0.825. The monoisotopic (exact) mass is 136 g/mol. The van der Waals surface area contributed by atoms with E-state index in [4.69, 9.17) is 0 Å². The zero-order chi connectivity index (χ0) is 6.53. The van der Waals surface area contributed by atoms with Crippen LogP contribution in [0.15, 0.2) is 30.3 Å². The molecule has 1 aromatic carbocycles. The second kappa shape index (κ2) is 5.00. The molecule has 0 aliphatic rings. The summed E-state index contributed by atoms with van der Waals surface area (Å²) in [5.41, 5.74) is 1.32. The molecule has 0 atom stereocenters. The minimum Gasteiger partial charge on any atom is -0.344 e. The van der Waals surface area contributed by atoms with Crippen molar-refractivity contribution in [2.24, 2.45) is 0 Å². The summed E-state index contributed by atoms with van der Waals surface area (Å²) in [7, 11) is 0. The van der Waals surface area contributed by atoms with Crippen LogP contribution in [-0.2, 0) is 0 Å². The highest BCUT2D eigenvalue weighted by Gasteiger charge is 1.85. The molecule has 1 radical (unpaired) electrons.